The third kappa shape index (κ3) is 3.95. The number of nitrogens with one attached hydrogen (secondary N) is 1. The van der Waals surface area contributed by atoms with Crippen LogP contribution in [-0.4, -0.2) is 34.8 Å². The van der Waals surface area contributed by atoms with Gasteiger partial charge in [-0.1, -0.05) is 0 Å². The molecule has 0 spiro atoms. The van der Waals surface area contributed by atoms with E-state index in [0.717, 1.165) is 22.6 Å². The number of methoxy groups -OCH3 is 1. The number of hydrogen-bond acceptors (Lipinski definition) is 5. The molecule has 7 heteroatoms. The third-order valence-corrected chi connectivity index (χ3v) is 3.78. The van der Waals surface area contributed by atoms with Crippen LogP contribution < -0.4 is 9.47 Å². The van der Waals surface area contributed by atoms with Crippen LogP contribution in [0, 0.1) is 4.77 Å². The first-order valence-corrected chi connectivity index (χ1v) is 8.21. The average Bonchev–Trinajstić information content (AvgIpc) is 3.02. The van der Waals surface area contributed by atoms with Crippen LogP contribution >= 0.6 is 12.2 Å². The lowest BCUT2D eigenvalue weighted by Gasteiger charge is -2.04. The molecule has 0 radical (unpaired) electrons. The Hall–Kier alpha value is -2.93. The maximum absolute atomic E-state index is 5.43. The zero-order valence-corrected chi connectivity index (χ0v) is 14.8. The molecule has 1 heterocycles. The van der Waals surface area contributed by atoms with Crippen LogP contribution in [0.2, 0.25) is 0 Å². The fraction of sp³-hybridized carbons (Fsp3) is 0.167. The van der Waals surface area contributed by atoms with Gasteiger partial charge in [0.1, 0.15) is 11.5 Å². The van der Waals surface area contributed by atoms with Crippen molar-refractivity contribution in [3.8, 4) is 22.9 Å². The van der Waals surface area contributed by atoms with Gasteiger partial charge >= 0.3 is 0 Å². The molecule has 0 aliphatic heterocycles. The van der Waals surface area contributed by atoms with Gasteiger partial charge in [-0.15, -0.1) is 0 Å². The van der Waals surface area contributed by atoms with Gasteiger partial charge in [0.2, 0.25) is 4.77 Å². The maximum atomic E-state index is 5.43. The summed E-state index contributed by atoms with van der Waals surface area (Å²) in [4.78, 5) is 0. The van der Waals surface area contributed by atoms with E-state index in [0.29, 0.717) is 17.2 Å². The van der Waals surface area contributed by atoms with Gasteiger partial charge in [-0.05, 0) is 73.2 Å². The second-order valence-corrected chi connectivity index (χ2v) is 5.53. The molecule has 1 aromatic heterocycles. The molecule has 6 nitrogen and oxygen atoms in total. The van der Waals surface area contributed by atoms with Gasteiger partial charge in [-0.25, -0.2) is 5.10 Å². The van der Waals surface area contributed by atoms with Crippen molar-refractivity contribution in [1.29, 1.82) is 0 Å². The lowest BCUT2D eigenvalue weighted by atomic mass is 10.2. The molecule has 3 rings (SSSR count). The fourth-order valence-corrected chi connectivity index (χ4v) is 2.45. The van der Waals surface area contributed by atoms with Crippen molar-refractivity contribution in [3.05, 3.63) is 58.9 Å². The molecule has 25 heavy (non-hydrogen) atoms. The van der Waals surface area contributed by atoms with Crippen LogP contribution in [0.5, 0.6) is 11.5 Å². The Balaban J connectivity index is 1.87. The summed E-state index contributed by atoms with van der Waals surface area (Å²) in [5.41, 5.74) is 1.82. The van der Waals surface area contributed by atoms with Gasteiger partial charge < -0.3 is 9.47 Å². The maximum Gasteiger partial charge on any atom is 0.216 e. The Labute approximate surface area is 150 Å². The number of ether oxygens (including phenoxy) is 2. The Morgan fingerprint density at radius 2 is 1.80 bits per heavy atom. The molecule has 0 unspecified atom stereocenters. The largest absolute Gasteiger partial charge is 0.497 e. The highest BCUT2D eigenvalue weighted by molar-refractivity contribution is 7.71. The molecule has 0 aliphatic rings. The molecule has 0 saturated heterocycles. The lowest BCUT2D eigenvalue weighted by Crippen LogP contribution is -1.95. The van der Waals surface area contributed by atoms with Gasteiger partial charge in [0, 0.05) is 5.56 Å². The quantitative estimate of drug-likeness (QED) is 0.539. The summed E-state index contributed by atoms with van der Waals surface area (Å²) in [5.74, 6) is 2.25. The van der Waals surface area contributed by atoms with Crippen LogP contribution in [0.15, 0.2) is 53.6 Å². The molecule has 128 valence electrons. The predicted octanol–water partition coefficient (Wildman–Crippen LogP) is 3.90. The molecule has 0 atom stereocenters. The molecular weight excluding hydrogens is 336 g/mol. The number of rotatable bonds is 6. The highest BCUT2D eigenvalue weighted by atomic mass is 32.1. The van der Waals surface area contributed by atoms with Gasteiger partial charge in [-0.2, -0.15) is 14.9 Å². The monoisotopic (exact) mass is 354 g/mol. The summed E-state index contributed by atoms with van der Waals surface area (Å²) in [6, 6.07) is 15.2. The number of H-pyrrole nitrogens is 1. The smallest absolute Gasteiger partial charge is 0.216 e. The van der Waals surface area contributed by atoms with E-state index in [1.165, 1.54) is 0 Å². The average molecular weight is 354 g/mol. The highest BCUT2D eigenvalue weighted by Crippen LogP contribution is 2.21. The zero-order chi connectivity index (χ0) is 17.6. The van der Waals surface area contributed by atoms with Crippen LogP contribution in [0.1, 0.15) is 12.5 Å². The molecular formula is C18H18N4O2S. The van der Waals surface area contributed by atoms with Gasteiger partial charge in [0.05, 0.1) is 19.9 Å². The minimum absolute atomic E-state index is 0.424. The third-order valence-electron chi connectivity index (χ3n) is 3.51. The SMILES string of the molecule is CCOc1ccc(/C=N/n2c(-c3ccc(OC)cc3)n[nH]c2=S)cc1. The molecule has 0 bridgehead atoms. The van der Waals surface area contributed by atoms with Crippen molar-refractivity contribution in [1.82, 2.24) is 14.9 Å². The predicted molar refractivity (Wildman–Crippen MR) is 100 cm³/mol. The number of benzene rings is 2. The first-order chi connectivity index (χ1) is 12.2. The van der Waals surface area contributed by atoms with Crippen LogP contribution in [0.3, 0.4) is 0 Å². The Bertz CT molecular complexity index is 911. The van der Waals surface area contributed by atoms with E-state index >= 15 is 0 Å². The van der Waals surface area contributed by atoms with Crippen molar-refractivity contribution in [3.63, 3.8) is 0 Å². The molecule has 0 saturated carbocycles. The molecule has 3 aromatic rings. The first kappa shape index (κ1) is 16.9. The van der Waals surface area contributed by atoms with Crippen LogP contribution in [0.25, 0.3) is 11.4 Å². The highest BCUT2D eigenvalue weighted by Gasteiger charge is 2.08. The first-order valence-electron chi connectivity index (χ1n) is 7.80. The minimum atomic E-state index is 0.424. The van der Waals surface area contributed by atoms with E-state index in [4.69, 9.17) is 21.7 Å². The molecule has 0 amide bonds. The van der Waals surface area contributed by atoms with E-state index in [2.05, 4.69) is 15.3 Å². The molecule has 0 aliphatic carbocycles. The van der Waals surface area contributed by atoms with E-state index in [-0.39, 0.29) is 0 Å². The summed E-state index contributed by atoms with van der Waals surface area (Å²) in [5, 5.41) is 11.5. The topological polar surface area (TPSA) is 64.4 Å². The van der Waals surface area contributed by atoms with E-state index in [1.54, 1.807) is 18.0 Å². The number of nitrogens with zero attached hydrogens (tertiary/aromatic N) is 3. The lowest BCUT2D eigenvalue weighted by molar-refractivity contribution is 0.340. The summed E-state index contributed by atoms with van der Waals surface area (Å²) in [6.07, 6.45) is 1.73. The fourth-order valence-electron chi connectivity index (χ4n) is 2.27. The summed E-state index contributed by atoms with van der Waals surface area (Å²) < 4.78 is 12.6. The Kier molecular flexibility index (Phi) is 5.25. The van der Waals surface area contributed by atoms with E-state index in [9.17, 15) is 0 Å². The number of aromatic nitrogens is 3. The van der Waals surface area contributed by atoms with Crippen molar-refractivity contribution in [2.45, 2.75) is 6.92 Å². The van der Waals surface area contributed by atoms with Crippen molar-refractivity contribution >= 4 is 18.4 Å². The second kappa shape index (κ2) is 7.76. The minimum Gasteiger partial charge on any atom is -0.497 e. The van der Waals surface area contributed by atoms with Crippen LogP contribution in [-0.2, 0) is 0 Å². The molecule has 1 N–H and O–H groups in total. The van der Waals surface area contributed by atoms with Crippen molar-refractivity contribution in [2.24, 2.45) is 5.10 Å². The van der Waals surface area contributed by atoms with Gasteiger partial charge in [0.15, 0.2) is 5.82 Å². The standard InChI is InChI=1S/C18H18N4O2S/c1-3-24-16-8-4-13(5-9-16)12-19-22-17(20-21-18(22)25)14-6-10-15(23-2)11-7-14/h4-12H,3H2,1-2H3,(H,21,25)/b19-12+. The summed E-state index contributed by atoms with van der Waals surface area (Å²) in [6.45, 7) is 2.60. The van der Waals surface area contributed by atoms with E-state index in [1.807, 2.05) is 55.5 Å². The molecule has 0 fully saturated rings. The normalized spacial score (nSPS) is 11.0. The van der Waals surface area contributed by atoms with Crippen molar-refractivity contribution in [2.75, 3.05) is 13.7 Å². The van der Waals surface area contributed by atoms with Crippen LogP contribution in [0.4, 0.5) is 0 Å². The van der Waals surface area contributed by atoms with Gasteiger partial charge in [0.25, 0.3) is 0 Å². The molecule has 2 aromatic carbocycles. The van der Waals surface area contributed by atoms with Crippen molar-refractivity contribution < 1.29 is 9.47 Å². The van der Waals surface area contributed by atoms with E-state index < -0.39 is 0 Å². The van der Waals surface area contributed by atoms with Gasteiger partial charge in [-0.3, -0.25) is 0 Å². The number of aromatic amines is 1. The second-order valence-electron chi connectivity index (χ2n) is 5.14. The number of hydrogen-bond donors (Lipinski definition) is 1. The Morgan fingerprint density at radius 1 is 1.12 bits per heavy atom. The zero-order valence-electron chi connectivity index (χ0n) is 14.0. The summed E-state index contributed by atoms with van der Waals surface area (Å²) >= 11 is 5.28. The Morgan fingerprint density at radius 3 is 2.44 bits per heavy atom. The summed E-state index contributed by atoms with van der Waals surface area (Å²) in [7, 11) is 1.63.